The summed E-state index contributed by atoms with van der Waals surface area (Å²) in [4.78, 5) is 35.8. The molecule has 2 heterocycles. The van der Waals surface area contributed by atoms with Crippen molar-refractivity contribution in [2.75, 3.05) is 45.2 Å². The average Bonchev–Trinajstić information content (AvgIpc) is 2.85. The number of hydrogen-bond donors (Lipinski definition) is 3. The minimum atomic E-state index is -0.540. The molecule has 1 saturated heterocycles. The number of amides is 2. The highest BCUT2D eigenvalue weighted by Crippen LogP contribution is 2.23. The number of nitrogens with zero attached hydrogens (tertiary/aromatic N) is 3. The molecule has 0 aliphatic carbocycles. The Hall–Kier alpha value is -3.38. The number of aliphatic imine (C=N–C) groups is 1. The maximum absolute atomic E-state index is 14.7. The van der Waals surface area contributed by atoms with Gasteiger partial charge in [-0.05, 0) is 44.4 Å². The van der Waals surface area contributed by atoms with Crippen LogP contribution in [0.15, 0.2) is 34.8 Å². The SMILES string of the molecule is COC1=C(Nc2ccc(CC(=O)NCCO)cc2F)N=CN(OC2CCN(C(=O)OC(C)C)CC2)C1. The van der Waals surface area contributed by atoms with Crippen LogP contribution in [0.5, 0.6) is 0 Å². The molecule has 0 radical (unpaired) electrons. The zero-order valence-electron chi connectivity index (χ0n) is 20.8. The first kappa shape index (κ1) is 27.2. The second-order valence-electron chi connectivity index (χ2n) is 8.71. The van der Waals surface area contributed by atoms with Gasteiger partial charge in [0, 0.05) is 19.6 Å². The third-order valence-corrected chi connectivity index (χ3v) is 5.53. The van der Waals surface area contributed by atoms with Crippen molar-refractivity contribution < 1.29 is 33.4 Å². The number of anilines is 1. The van der Waals surface area contributed by atoms with E-state index < -0.39 is 5.82 Å². The Labute approximate surface area is 209 Å². The van der Waals surface area contributed by atoms with Gasteiger partial charge in [0.1, 0.15) is 18.7 Å². The number of carbonyl (C=O) groups excluding carboxylic acids is 2. The van der Waals surface area contributed by atoms with E-state index in [1.807, 2.05) is 13.8 Å². The molecule has 0 atom stereocenters. The quantitative estimate of drug-likeness (QED) is 0.439. The lowest BCUT2D eigenvalue weighted by Gasteiger charge is -2.34. The molecule has 11 nitrogen and oxygen atoms in total. The number of aliphatic hydroxyl groups is 1. The summed E-state index contributed by atoms with van der Waals surface area (Å²) in [6.45, 7) is 4.98. The normalized spacial score (nSPS) is 16.4. The van der Waals surface area contributed by atoms with Gasteiger partial charge in [0.05, 0.1) is 38.0 Å². The predicted molar refractivity (Wildman–Crippen MR) is 130 cm³/mol. The molecular formula is C24H34FN5O6. The molecule has 0 aromatic heterocycles. The van der Waals surface area contributed by atoms with E-state index in [9.17, 15) is 14.0 Å². The number of likely N-dealkylation sites (tertiary alicyclic amines) is 1. The number of hydrogen-bond acceptors (Lipinski definition) is 9. The number of carbonyl (C=O) groups is 2. The van der Waals surface area contributed by atoms with Crippen molar-refractivity contribution in [3.8, 4) is 0 Å². The smallest absolute Gasteiger partial charge is 0.410 e. The van der Waals surface area contributed by atoms with Crippen molar-refractivity contribution in [3.05, 3.63) is 41.2 Å². The van der Waals surface area contributed by atoms with Crippen molar-refractivity contribution in [1.82, 2.24) is 15.3 Å². The highest BCUT2D eigenvalue weighted by atomic mass is 19.1. The van der Waals surface area contributed by atoms with E-state index in [4.69, 9.17) is 19.4 Å². The van der Waals surface area contributed by atoms with Gasteiger partial charge in [-0.25, -0.2) is 19.2 Å². The Bertz CT molecular complexity index is 978. The van der Waals surface area contributed by atoms with Crippen molar-refractivity contribution in [1.29, 1.82) is 0 Å². The van der Waals surface area contributed by atoms with E-state index in [1.165, 1.54) is 25.6 Å². The molecule has 1 aromatic carbocycles. The summed E-state index contributed by atoms with van der Waals surface area (Å²) in [5.74, 6) is -0.0352. The van der Waals surface area contributed by atoms with Crippen LogP contribution in [0, 0.1) is 5.82 Å². The number of nitrogens with one attached hydrogen (secondary N) is 2. The van der Waals surface area contributed by atoms with Gasteiger partial charge in [0.15, 0.2) is 11.6 Å². The highest BCUT2D eigenvalue weighted by molar-refractivity contribution is 5.78. The van der Waals surface area contributed by atoms with Gasteiger partial charge in [-0.1, -0.05) is 6.07 Å². The third kappa shape index (κ3) is 7.82. The standard InChI is InChI=1S/C24H34FN5O6/c1-16(2)35-24(33)29-9-6-18(7-10-29)36-30-14-21(34-3)23(27-15-30)28-20-5-4-17(12-19(20)25)13-22(32)26-8-11-31/h4-5,12,15-16,18,28,31H,6-11,13-14H2,1-3H3,(H,26,32). The summed E-state index contributed by atoms with van der Waals surface area (Å²) in [5, 5.41) is 15.8. The topological polar surface area (TPSA) is 125 Å². The third-order valence-electron chi connectivity index (χ3n) is 5.53. The van der Waals surface area contributed by atoms with Gasteiger partial charge in [0.25, 0.3) is 0 Å². The van der Waals surface area contributed by atoms with Crippen LogP contribution in [0.3, 0.4) is 0 Å². The number of ether oxygens (including phenoxy) is 2. The zero-order valence-corrected chi connectivity index (χ0v) is 20.8. The number of benzene rings is 1. The maximum atomic E-state index is 14.7. The lowest BCUT2D eigenvalue weighted by atomic mass is 10.1. The first-order valence-electron chi connectivity index (χ1n) is 11.9. The molecule has 0 bridgehead atoms. The van der Waals surface area contributed by atoms with Gasteiger partial charge in [-0.15, -0.1) is 0 Å². The van der Waals surface area contributed by atoms with Crippen LogP contribution < -0.4 is 10.6 Å². The van der Waals surface area contributed by atoms with Gasteiger partial charge in [0.2, 0.25) is 5.91 Å². The summed E-state index contributed by atoms with van der Waals surface area (Å²) in [5.41, 5.74) is 0.691. The van der Waals surface area contributed by atoms with E-state index in [2.05, 4.69) is 15.6 Å². The van der Waals surface area contributed by atoms with Crippen LogP contribution in [0.4, 0.5) is 14.9 Å². The fraction of sp³-hybridized carbons (Fsp3) is 0.542. The lowest BCUT2D eigenvalue weighted by Crippen LogP contribution is -2.44. The second-order valence-corrected chi connectivity index (χ2v) is 8.71. The molecule has 2 amide bonds. The van der Waals surface area contributed by atoms with Gasteiger partial charge in [-0.3, -0.25) is 9.63 Å². The maximum Gasteiger partial charge on any atom is 0.410 e. The summed E-state index contributed by atoms with van der Waals surface area (Å²) in [6.07, 6.45) is 2.26. The van der Waals surface area contributed by atoms with Crippen LogP contribution >= 0.6 is 0 Å². The zero-order chi connectivity index (χ0) is 26.1. The number of halogens is 1. The monoisotopic (exact) mass is 507 g/mol. The molecule has 36 heavy (non-hydrogen) atoms. The molecule has 3 rings (SSSR count). The van der Waals surface area contributed by atoms with Crippen LogP contribution in [-0.4, -0.2) is 85.5 Å². The summed E-state index contributed by atoms with van der Waals surface area (Å²) in [7, 11) is 1.50. The molecule has 2 aliphatic rings. The minimum absolute atomic E-state index is 0.00546. The molecule has 198 valence electrons. The molecule has 1 fully saturated rings. The Morgan fingerprint density at radius 2 is 2.03 bits per heavy atom. The number of rotatable bonds is 10. The summed E-state index contributed by atoms with van der Waals surface area (Å²) in [6, 6.07) is 4.45. The predicted octanol–water partition coefficient (Wildman–Crippen LogP) is 1.99. The Kier molecular flexibility index (Phi) is 9.88. The fourth-order valence-corrected chi connectivity index (χ4v) is 3.73. The highest BCUT2D eigenvalue weighted by Gasteiger charge is 2.27. The van der Waals surface area contributed by atoms with Crippen molar-refractivity contribution in [2.24, 2.45) is 4.99 Å². The van der Waals surface area contributed by atoms with Crippen molar-refractivity contribution >= 4 is 24.0 Å². The molecule has 0 saturated carbocycles. The Morgan fingerprint density at radius 1 is 1.28 bits per heavy atom. The van der Waals surface area contributed by atoms with E-state index in [-0.39, 0.29) is 56.0 Å². The van der Waals surface area contributed by atoms with E-state index >= 15 is 0 Å². The number of aliphatic hydroxyl groups excluding tert-OH is 1. The average molecular weight is 508 g/mol. The number of hydroxylamine groups is 2. The van der Waals surface area contributed by atoms with Crippen LogP contribution in [0.2, 0.25) is 0 Å². The van der Waals surface area contributed by atoms with Gasteiger partial charge in [-0.2, -0.15) is 0 Å². The number of methoxy groups -OCH3 is 1. The van der Waals surface area contributed by atoms with Crippen LogP contribution in [0.25, 0.3) is 0 Å². The molecule has 12 heteroatoms. The summed E-state index contributed by atoms with van der Waals surface area (Å²) < 4.78 is 25.4. The fourth-order valence-electron chi connectivity index (χ4n) is 3.73. The lowest BCUT2D eigenvalue weighted by molar-refractivity contribution is -0.155. The van der Waals surface area contributed by atoms with Crippen LogP contribution in [0.1, 0.15) is 32.3 Å². The first-order valence-corrected chi connectivity index (χ1v) is 11.9. The molecule has 0 spiro atoms. The molecule has 1 aromatic rings. The largest absolute Gasteiger partial charge is 0.495 e. The van der Waals surface area contributed by atoms with E-state index in [1.54, 1.807) is 16.0 Å². The molecule has 3 N–H and O–H groups in total. The summed E-state index contributed by atoms with van der Waals surface area (Å²) >= 11 is 0. The van der Waals surface area contributed by atoms with Crippen LogP contribution in [-0.2, 0) is 25.5 Å². The molecular weight excluding hydrogens is 473 g/mol. The first-order chi connectivity index (χ1) is 17.3. The molecule has 0 unspecified atom stereocenters. The van der Waals surface area contributed by atoms with Crippen molar-refractivity contribution in [2.45, 2.75) is 45.3 Å². The van der Waals surface area contributed by atoms with E-state index in [0.717, 1.165) is 0 Å². The Morgan fingerprint density at radius 3 is 2.67 bits per heavy atom. The number of piperidine rings is 1. The van der Waals surface area contributed by atoms with E-state index in [0.29, 0.717) is 43.1 Å². The Balaban J connectivity index is 1.52. The minimum Gasteiger partial charge on any atom is -0.495 e. The molecule has 2 aliphatic heterocycles. The second kappa shape index (κ2) is 13.1. The van der Waals surface area contributed by atoms with Gasteiger partial charge >= 0.3 is 6.09 Å². The van der Waals surface area contributed by atoms with Crippen molar-refractivity contribution in [3.63, 3.8) is 0 Å². The van der Waals surface area contributed by atoms with Gasteiger partial charge < -0.3 is 30.1 Å².